The molecule has 0 saturated heterocycles. The van der Waals surface area contributed by atoms with Crippen molar-refractivity contribution in [2.24, 2.45) is 5.92 Å². The van der Waals surface area contributed by atoms with Crippen LogP contribution in [-0.2, 0) is 4.79 Å². The van der Waals surface area contributed by atoms with Gasteiger partial charge in [0, 0.05) is 5.70 Å². The molecule has 0 saturated carbocycles. The zero-order chi connectivity index (χ0) is 17.2. The van der Waals surface area contributed by atoms with Gasteiger partial charge in [-0.25, -0.2) is 4.39 Å². The Balaban J connectivity index is 4.50. The molecule has 0 rings (SSSR count). The average molecular weight is 324 g/mol. The number of nitriles is 1. The van der Waals surface area contributed by atoms with Gasteiger partial charge in [-0.15, -0.1) is 6.58 Å². The molecule has 2 unspecified atom stereocenters. The molecule has 0 aromatic rings. The molecule has 0 fully saturated rings. The first-order valence-corrected chi connectivity index (χ1v) is 7.04. The van der Waals surface area contributed by atoms with Crippen molar-refractivity contribution in [1.29, 1.82) is 5.26 Å². The molecule has 0 bridgehead atoms. The van der Waals surface area contributed by atoms with E-state index in [1.165, 1.54) is 19.1 Å². The minimum Gasteiger partial charge on any atom is -0.336 e. The fraction of sp³-hybridized carbons (Fsp3) is 0.400. The number of carbonyl (C=O) groups excluding carboxylic acids is 1. The first kappa shape index (κ1) is 19.8. The lowest BCUT2D eigenvalue weighted by molar-refractivity contribution is -0.120. The summed E-state index contributed by atoms with van der Waals surface area (Å²) < 4.78 is 14.3. The molecule has 5 nitrogen and oxygen atoms in total. The molecule has 0 aromatic carbocycles. The van der Waals surface area contributed by atoms with Crippen LogP contribution in [0.4, 0.5) is 4.39 Å². The zero-order valence-corrected chi connectivity index (χ0v) is 13.8. The van der Waals surface area contributed by atoms with Crippen molar-refractivity contribution < 1.29 is 9.18 Å². The summed E-state index contributed by atoms with van der Waals surface area (Å²) in [5.74, 6) is -0.431. The number of allylic oxidation sites excluding steroid dienone is 5. The summed E-state index contributed by atoms with van der Waals surface area (Å²) in [6.07, 6.45) is 5.96. The predicted molar refractivity (Wildman–Crippen MR) is 89.0 cm³/mol. The monoisotopic (exact) mass is 324 g/mol. The molecule has 120 valence electrons. The maximum atomic E-state index is 14.3. The van der Waals surface area contributed by atoms with E-state index in [1.54, 1.807) is 25.1 Å². The first-order valence-electron chi connectivity index (χ1n) is 6.63. The Bertz CT molecular complexity index is 520. The molecule has 7 heteroatoms. The average Bonchev–Trinajstić information content (AvgIpc) is 2.42. The van der Waals surface area contributed by atoms with Crippen LogP contribution in [-0.4, -0.2) is 16.7 Å². The number of rotatable bonds is 6. The third-order valence-electron chi connectivity index (χ3n) is 2.46. The summed E-state index contributed by atoms with van der Waals surface area (Å²) in [7, 11) is 0. The number of hydrogen-bond acceptors (Lipinski definition) is 3. The Kier molecular flexibility index (Phi) is 8.72. The van der Waals surface area contributed by atoms with E-state index < -0.39 is 11.6 Å². The molecule has 0 heterocycles. The van der Waals surface area contributed by atoms with Gasteiger partial charge in [-0.2, -0.15) is 5.26 Å². The molecule has 1 amide bonds. The highest BCUT2D eigenvalue weighted by Crippen LogP contribution is 2.17. The third-order valence-corrected chi connectivity index (χ3v) is 2.67. The molecule has 0 aliphatic rings. The van der Waals surface area contributed by atoms with Crippen LogP contribution in [0, 0.1) is 17.2 Å². The molecule has 3 N–H and O–H groups in total. The van der Waals surface area contributed by atoms with Crippen LogP contribution >= 0.6 is 12.2 Å². The van der Waals surface area contributed by atoms with Gasteiger partial charge in [0.15, 0.2) is 5.11 Å². The fourth-order valence-corrected chi connectivity index (χ4v) is 1.59. The van der Waals surface area contributed by atoms with Gasteiger partial charge in [-0.3, -0.25) is 15.6 Å². The van der Waals surface area contributed by atoms with Gasteiger partial charge >= 0.3 is 0 Å². The number of amides is 1. The minimum absolute atomic E-state index is 0.0785. The second-order valence-electron chi connectivity index (χ2n) is 4.89. The van der Waals surface area contributed by atoms with E-state index in [1.807, 2.05) is 6.92 Å². The fourth-order valence-electron chi connectivity index (χ4n) is 1.38. The van der Waals surface area contributed by atoms with Crippen molar-refractivity contribution in [3.63, 3.8) is 0 Å². The largest absolute Gasteiger partial charge is 0.336 e. The van der Waals surface area contributed by atoms with Gasteiger partial charge in [-0.1, -0.05) is 19.1 Å². The van der Waals surface area contributed by atoms with Crippen molar-refractivity contribution >= 4 is 23.2 Å². The molecular formula is C15H21FN4OS. The van der Waals surface area contributed by atoms with Crippen molar-refractivity contribution in [3.8, 4) is 6.07 Å². The summed E-state index contributed by atoms with van der Waals surface area (Å²) >= 11 is 4.93. The van der Waals surface area contributed by atoms with Gasteiger partial charge in [0.2, 0.25) is 0 Å². The number of hydrogen-bond donors (Lipinski definition) is 3. The summed E-state index contributed by atoms with van der Waals surface area (Å²) in [6, 6.07) is 1.70. The van der Waals surface area contributed by atoms with Crippen LogP contribution in [0.15, 0.2) is 36.6 Å². The van der Waals surface area contributed by atoms with E-state index >= 15 is 0 Å². The van der Waals surface area contributed by atoms with Crippen LogP contribution in [0.25, 0.3) is 0 Å². The SMILES string of the molecule is C=CC(C)/C=C\C(C)(F)/C=C(\C)NC(=S)NNC(=O)CC#N. The molecule has 2 atom stereocenters. The zero-order valence-electron chi connectivity index (χ0n) is 12.9. The number of thiocarbonyl (C=S) groups is 1. The number of nitrogens with zero attached hydrogens (tertiary/aromatic N) is 1. The molecule has 0 radical (unpaired) electrons. The Hall–Kier alpha value is -2.20. The number of halogens is 1. The topological polar surface area (TPSA) is 76.9 Å². The lowest BCUT2D eigenvalue weighted by atomic mass is 10.0. The third kappa shape index (κ3) is 9.66. The first-order chi connectivity index (χ1) is 10.2. The van der Waals surface area contributed by atoms with Gasteiger partial charge in [0.05, 0.1) is 6.07 Å². The highest BCUT2D eigenvalue weighted by atomic mass is 32.1. The van der Waals surface area contributed by atoms with Crippen molar-refractivity contribution in [3.05, 3.63) is 36.6 Å². The van der Waals surface area contributed by atoms with Crippen LogP contribution in [0.1, 0.15) is 27.2 Å². The van der Waals surface area contributed by atoms with E-state index in [2.05, 4.69) is 22.7 Å². The van der Waals surface area contributed by atoms with E-state index in [9.17, 15) is 9.18 Å². The Morgan fingerprint density at radius 3 is 2.73 bits per heavy atom. The Labute approximate surface area is 135 Å². The standard InChI is InChI=1S/C15H21FN4OS/c1-5-11(2)6-8-15(4,16)10-12(3)18-14(22)20-19-13(21)7-9-17/h5-6,8,10-11H,1,7H2,2-4H3,(H,19,21)(H2,18,20,22)/b8-6-,12-10+. The van der Waals surface area contributed by atoms with Gasteiger partial charge in [0.25, 0.3) is 5.91 Å². The number of alkyl halides is 1. The quantitative estimate of drug-likeness (QED) is 0.397. The van der Waals surface area contributed by atoms with E-state index in [4.69, 9.17) is 17.5 Å². The van der Waals surface area contributed by atoms with Crippen molar-refractivity contribution in [1.82, 2.24) is 16.2 Å². The number of nitrogens with one attached hydrogen (secondary N) is 3. The van der Waals surface area contributed by atoms with E-state index in [-0.39, 0.29) is 17.5 Å². The van der Waals surface area contributed by atoms with Crippen molar-refractivity contribution in [2.75, 3.05) is 0 Å². The maximum Gasteiger partial charge on any atom is 0.252 e. The normalized spacial score (nSPS) is 15.3. The number of hydrazine groups is 1. The minimum atomic E-state index is -1.64. The second-order valence-corrected chi connectivity index (χ2v) is 5.30. The van der Waals surface area contributed by atoms with Gasteiger partial charge in [-0.05, 0) is 44.1 Å². The van der Waals surface area contributed by atoms with Crippen molar-refractivity contribution in [2.45, 2.75) is 32.9 Å². The predicted octanol–water partition coefficient (Wildman–Crippen LogP) is 2.41. The lowest BCUT2D eigenvalue weighted by Gasteiger charge is -2.15. The van der Waals surface area contributed by atoms with Crippen LogP contribution in [0.5, 0.6) is 0 Å². The molecule has 22 heavy (non-hydrogen) atoms. The van der Waals surface area contributed by atoms with Crippen LogP contribution in [0.2, 0.25) is 0 Å². The Morgan fingerprint density at radius 2 is 2.18 bits per heavy atom. The smallest absolute Gasteiger partial charge is 0.252 e. The molecule has 0 aliphatic heterocycles. The second kappa shape index (κ2) is 9.68. The highest BCUT2D eigenvalue weighted by Gasteiger charge is 2.16. The molecule has 0 aromatic heterocycles. The lowest BCUT2D eigenvalue weighted by Crippen LogP contribution is -2.46. The molecule has 0 aliphatic carbocycles. The van der Waals surface area contributed by atoms with E-state index in [0.717, 1.165) is 0 Å². The highest BCUT2D eigenvalue weighted by molar-refractivity contribution is 7.80. The van der Waals surface area contributed by atoms with Crippen LogP contribution in [0.3, 0.4) is 0 Å². The summed E-state index contributed by atoms with van der Waals surface area (Å²) in [6.45, 7) is 8.59. The van der Waals surface area contributed by atoms with E-state index in [0.29, 0.717) is 5.70 Å². The Morgan fingerprint density at radius 1 is 1.55 bits per heavy atom. The van der Waals surface area contributed by atoms with Gasteiger partial charge < -0.3 is 5.32 Å². The summed E-state index contributed by atoms with van der Waals surface area (Å²) in [4.78, 5) is 11.1. The summed E-state index contributed by atoms with van der Waals surface area (Å²) in [5, 5.41) is 11.2. The maximum absolute atomic E-state index is 14.3. The van der Waals surface area contributed by atoms with Gasteiger partial charge in [0.1, 0.15) is 12.1 Å². The summed E-state index contributed by atoms with van der Waals surface area (Å²) in [5.41, 5.74) is 3.49. The number of carbonyl (C=O) groups is 1. The van der Waals surface area contributed by atoms with Crippen LogP contribution < -0.4 is 16.2 Å². The molecule has 0 spiro atoms. The molecular weight excluding hydrogens is 303 g/mol.